The van der Waals surface area contributed by atoms with Crippen molar-refractivity contribution in [2.75, 3.05) is 17.2 Å². The number of fused-ring (bicyclic) bond motifs is 3. The Kier molecular flexibility index (Phi) is 3.20. The van der Waals surface area contributed by atoms with Gasteiger partial charge in [-0.1, -0.05) is 13.3 Å². The van der Waals surface area contributed by atoms with Crippen LogP contribution in [-0.2, 0) is 0 Å². The first-order valence-electron chi connectivity index (χ1n) is 8.17. The number of rotatable bonds is 5. The van der Waals surface area contributed by atoms with Crippen LogP contribution in [0.25, 0.3) is 5.65 Å². The lowest BCUT2D eigenvalue weighted by Gasteiger charge is -2.23. The van der Waals surface area contributed by atoms with E-state index in [1.165, 1.54) is 25.7 Å². The minimum Gasteiger partial charge on any atom is -0.369 e. The predicted octanol–water partition coefficient (Wildman–Crippen LogP) is 3.15. The highest BCUT2D eigenvalue weighted by molar-refractivity contribution is 5.65. The molecule has 2 aliphatic carbocycles. The fourth-order valence-electron chi connectivity index (χ4n) is 3.96. The Morgan fingerprint density at radius 3 is 3.05 bits per heavy atom. The lowest BCUT2D eigenvalue weighted by molar-refractivity contribution is 0.439. The Bertz CT molecular complexity index is 635. The molecule has 0 radical (unpaired) electrons. The van der Waals surface area contributed by atoms with Gasteiger partial charge >= 0.3 is 0 Å². The molecule has 2 N–H and O–H groups in total. The molecule has 3 unspecified atom stereocenters. The van der Waals surface area contributed by atoms with E-state index in [0.29, 0.717) is 6.04 Å². The summed E-state index contributed by atoms with van der Waals surface area (Å²) in [5, 5.41) is 7.06. The van der Waals surface area contributed by atoms with Gasteiger partial charge in [-0.2, -0.15) is 0 Å². The van der Waals surface area contributed by atoms with Gasteiger partial charge in [0.15, 0.2) is 11.5 Å². The van der Waals surface area contributed by atoms with E-state index in [0.717, 1.165) is 42.1 Å². The fourth-order valence-corrected chi connectivity index (χ4v) is 3.96. The molecule has 2 saturated carbocycles. The number of aromatic nitrogens is 3. The number of anilines is 2. The molecule has 2 aromatic heterocycles. The summed E-state index contributed by atoms with van der Waals surface area (Å²) in [6, 6.07) is 0.582. The Labute approximate surface area is 125 Å². The number of hydrogen-bond donors (Lipinski definition) is 2. The summed E-state index contributed by atoms with van der Waals surface area (Å²) in [7, 11) is 0. The van der Waals surface area contributed by atoms with Crippen LogP contribution in [-0.4, -0.2) is 27.0 Å². The van der Waals surface area contributed by atoms with E-state index in [1.807, 2.05) is 18.6 Å². The molecule has 4 rings (SSSR count). The number of imidazole rings is 1. The van der Waals surface area contributed by atoms with Crippen LogP contribution in [0.5, 0.6) is 0 Å². The molecule has 0 aliphatic heterocycles. The van der Waals surface area contributed by atoms with Gasteiger partial charge in [-0.05, 0) is 37.5 Å². The highest BCUT2D eigenvalue weighted by Gasteiger charge is 2.39. The van der Waals surface area contributed by atoms with Gasteiger partial charge in [0.1, 0.15) is 5.82 Å². The average molecular weight is 285 g/mol. The Morgan fingerprint density at radius 1 is 1.33 bits per heavy atom. The molecule has 3 atom stereocenters. The molecular formula is C16H23N5. The van der Waals surface area contributed by atoms with Gasteiger partial charge in [-0.25, -0.2) is 9.97 Å². The van der Waals surface area contributed by atoms with Gasteiger partial charge in [0.25, 0.3) is 0 Å². The predicted molar refractivity (Wildman–Crippen MR) is 84.6 cm³/mol. The summed E-state index contributed by atoms with van der Waals surface area (Å²) in [4.78, 5) is 9.21. The minimum atomic E-state index is 0.582. The molecule has 2 fully saturated rings. The molecule has 2 heterocycles. The van der Waals surface area contributed by atoms with Crippen molar-refractivity contribution in [2.45, 2.75) is 45.1 Å². The topological polar surface area (TPSA) is 54.2 Å². The summed E-state index contributed by atoms with van der Waals surface area (Å²) >= 11 is 0. The lowest BCUT2D eigenvalue weighted by Crippen LogP contribution is -2.26. The third kappa shape index (κ3) is 2.34. The van der Waals surface area contributed by atoms with E-state index in [-0.39, 0.29) is 0 Å². The van der Waals surface area contributed by atoms with Crippen molar-refractivity contribution >= 4 is 17.3 Å². The molecule has 0 aromatic carbocycles. The normalized spacial score (nSPS) is 27.4. The van der Waals surface area contributed by atoms with Crippen molar-refractivity contribution in [3.63, 3.8) is 0 Å². The van der Waals surface area contributed by atoms with Crippen LogP contribution in [0.3, 0.4) is 0 Å². The largest absolute Gasteiger partial charge is 0.369 e. The highest BCUT2D eigenvalue weighted by Crippen LogP contribution is 2.45. The van der Waals surface area contributed by atoms with Crippen LogP contribution in [0.4, 0.5) is 11.6 Å². The SMILES string of the molecule is CCCNc1cn2ccnc2c(NC2CC3CCC2C3)n1. The lowest BCUT2D eigenvalue weighted by atomic mass is 9.95. The van der Waals surface area contributed by atoms with Crippen molar-refractivity contribution in [1.29, 1.82) is 0 Å². The second-order valence-corrected chi connectivity index (χ2v) is 6.49. The third-order valence-corrected chi connectivity index (χ3v) is 4.99. The van der Waals surface area contributed by atoms with Crippen molar-refractivity contribution in [3.8, 4) is 0 Å². The second kappa shape index (κ2) is 5.20. The van der Waals surface area contributed by atoms with Crippen LogP contribution < -0.4 is 10.6 Å². The van der Waals surface area contributed by atoms with Gasteiger partial charge in [-0.15, -0.1) is 0 Å². The Morgan fingerprint density at radius 2 is 2.29 bits per heavy atom. The summed E-state index contributed by atoms with van der Waals surface area (Å²) in [6.07, 6.45) is 12.4. The summed E-state index contributed by atoms with van der Waals surface area (Å²) < 4.78 is 2.06. The molecule has 0 spiro atoms. The van der Waals surface area contributed by atoms with Crippen molar-refractivity contribution in [3.05, 3.63) is 18.6 Å². The van der Waals surface area contributed by atoms with Gasteiger partial charge in [0.2, 0.25) is 0 Å². The van der Waals surface area contributed by atoms with Crippen molar-refractivity contribution in [2.24, 2.45) is 11.8 Å². The second-order valence-electron chi connectivity index (χ2n) is 6.49. The minimum absolute atomic E-state index is 0.582. The fraction of sp³-hybridized carbons (Fsp3) is 0.625. The van der Waals surface area contributed by atoms with Gasteiger partial charge in [-0.3, -0.25) is 0 Å². The first-order chi connectivity index (χ1) is 10.3. The van der Waals surface area contributed by atoms with E-state index in [4.69, 9.17) is 4.98 Å². The molecular weight excluding hydrogens is 262 g/mol. The molecule has 5 nitrogen and oxygen atoms in total. The molecule has 112 valence electrons. The molecule has 2 aromatic rings. The van der Waals surface area contributed by atoms with E-state index >= 15 is 0 Å². The zero-order valence-corrected chi connectivity index (χ0v) is 12.5. The maximum absolute atomic E-state index is 4.75. The van der Waals surface area contributed by atoms with Crippen LogP contribution >= 0.6 is 0 Å². The third-order valence-electron chi connectivity index (χ3n) is 4.99. The number of nitrogens with zero attached hydrogens (tertiary/aromatic N) is 3. The molecule has 2 aliphatic rings. The number of hydrogen-bond acceptors (Lipinski definition) is 4. The first kappa shape index (κ1) is 12.9. The smallest absolute Gasteiger partial charge is 0.180 e. The van der Waals surface area contributed by atoms with Gasteiger partial charge in [0, 0.05) is 25.0 Å². The van der Waals surface area contributed by atoms with Gasteiger partial charge in [0.05, 0.1) is 6.20 Å². The summed E-state index contributed by atoms with van der Waals surface area (Å²) in [5.41, 5.74) is 0.930. The van der Waals surface area contributed by atoms with E-state index in [1.54, 1.807) is 0 Å². The maximum Gasteiger partial charge on any atom is 0.180 e. The standard InChI is InChI=1S/C16H23N5/c1-2-5-17-14-10-21-7-6-18-16(21)15(20-14)19-13-9-11-3-4-12(13)8-11/h6-7,10-13,17H,2-5,8-9H2,1H3,(H,19,20). The molecule has 0 amide bonds. The average Bonchev–Trinajstić information content (AvgIpc) is 3.20. The van der Waals surface area contributed by atoms with Crippen LogP contribution in [0.1, 0.15) is 39.0 Å². The first-order valence-corrected chi connectivity index (χ1v) is 8.17. The van der Waals surface area contributed by atoms with Crippen molar-refractivity contribution in [1.82, 2.24) is 14.4 Å². The highest BCUT2D eigenvalue weighted by atomic mass is 15.2. The molecule has 2 bridgehead atoms. The zero-order chi connectivity index (χ0) is 14.2. The maximum atomic E-state index is 4.75. The molecule has 0 saturated heterocycles. The van der Waals surface area contributed by atoms with Crippen molar-refractivity contribution < 1.29 is 0 Å². The van der Waals surface area contributed by atoms with Crippen LogP contribution in [0.15, 0.2) is 18.6 Å². The number of nitrogens with one attached hydrogen (secondary N) is 2. The monoisotopic (exact) mass is 285 g/mol. The Balaban J connectivity index is 1.61. The van der Waals surface area contributed by atoms with E-state index < -0.39 is 0 Å². The summed E-state index contributed by atoms with van der Waals surface area (Å²) in [5.74, 6) is 3.62. The zero-order valence-electron chi connectivity index (χ0n) is 12.5. The Hall–Kier alpha value is -1.78. The van der Waals surface area contributed by atoms with Crippen LogP contribution in [0.2, 0.25) is 0 Å². The molecule has 21 heavy (non-hydrogen) atoms. The summed E-state index contributed by atoms with van der Waals surface area (Å²) in [6.45, 7) is 3.11. The van der Waals surface area contributed by atoms with E-state index in [2.05, 4.69) is 26.9 Å². The van der Waals surface area contributed by atoms with E-state index in [9.17, 15) is 0 Å². The quantitative estimate of drug-likeness (QED) is 0.886. The van der Waals surface area contributed by atoms with Crippen LogP contribution in [0, 0.1) is 11.8 Å². The van der Waals surface area contributed by atoms with Gasteiger partial charge < -0.3 is 15.0 Å². The molecule has 5 heteroatoms.